The quantitative estimate of drug-likeness (QED) is 0.729. The molecule has 0 radical (unpaired) electrons. The third kappa shape index (κ3) is 4.63. The molecule has 0 saturated carbocycles. The van der Waals surface area contributed by atoms with Crippen molar-refractivity contribution >= 4 is 5.91 Å². The second-order valence-electron chi connectivity index (χ2n) is 5.73. The summed E-state index contributed by atoms with van der Waals surface area (Å²) in [4.78, 5) is 12.7. The zero-order valence-corrected chi connectivity index (χ0v) is 15.0. The molecule has 2 rings (SSSR count). The third-order valence-corrected chi connectivity index (χ3v) is 4.14. The number of carbonyl (C=O) groups excluding carboxylic acids is 1. The van der Waals surface area contributed by atoms with E-state index >= 15 is 0 Å². The summed E-state index contributed by atoms with van der Waals surface area (Å²) in [5, 5.41) is 3.10. The first-order valence-electron chi connectivity index (χ1n) is 8.35. The molecule has 0 aliphatic carbocycles. The number of methoxy groups -OCH3 is 2. The minimum atomic E-state index is -0.101. The van der Waals surface area contributed by atoms with Crippen LogP contribution >= 0.6 is 0 Å². The summed E-state index contributed by atoms with van der Waals surface area (Å²) in [7, 11) is 3.26. The molecule has 0 aliphatic heterocycles. The normalized spacial score (nSPS) is 11.5. The highest BCUT2D eigenvalue weighted by Gasteiger charge is 2.15. The van der Waals surface area contributed by atoms with Gasteiger partial charge in [0.15, 0.2) is 0 Å². The summed E-state index contributed by atoms with van der Waals surface area (Å²) >= 11 is 0. The second kappa shape index (κ2) is 8.92. The van der Waals surface area contributed by atoms with Crippen LogP contribution in [0.2, 0.25) is 0 Å². The Balaban J connectivity index is 2.18. The molecule has 0 saturated heterocycles. The summed E-state index contributed by atoms with van der Waals surface area (Å²) in [5.41, 5.74) is 2.61. The van der Waals surface area contributed by atoms with E-state index in [1.54, 1.807) is 26.4 Å². The number of benzene rings is 2. The fourth-order valence-corrected chi connectivity index (χ4v) is 2.73. The fourth-order valence-electron chi connectivity index (χ4n) is 2.73. The van der Waals surface area contributed by atoms with Gasteiger partial charge in [0.2, 0.25) is 0 Å². The zero-order chi connectivity index (χ0) is 18.2. The third-order valence-electron chi connectivity index (χ3n) is 4.14. The molecule has 1 unspecified atom stereocenters. The van der Waals surface area contributed by atoms with Crippen molar-refractivity contribution in [1.82, 2.24) is 5.32 Å². The van der Waals surface area contributed by atoms with Crippen molar-refractivity contribution in [3.63, 3.8) is 0 Å². The van der Waals surface area contributed by atoms with E-state index in [4.69, 9.17) is 9.47 Å². The molecule has 4 nitrogen and oxygen atoms in total. The first-order valence-corrected chi connectivity index (χ1v) is 8.35. The largest absolute Gasteiger partial charge is 0.497 e. The van der Waals surface area contributed by atoms with Crippen molar-refractivity contribution in [1.29, 1.82) is 0 Å². The molecule has 0 heterocycles. The molecule has 0 bridgehead atoms. The Morgan fingerprint density at radius 2 is 1.88 bits per heavy atom. The number of rotatable bonds is 8. The lowest BCUT2D eigenvalue weighted by atomic mass is 10.0. The minimum absolute atomic E-state index is 0.0524. The van der Waals surface area contributed by atoms with Crippen molar-refractivity contribution in [2.24, 2.45) is 0 Å². The van der Waals surface area contributed by atoms with Crippen molar-refractivity contribution in [3.8, 4) is 11.5 Å². The fraction of sp³-hybridized carbons (Fsp3) is 0.286. The molecule has 0 spiro atoms. The van der Waals surface area contributed by atoms with Crippen LogP contribution in [0.15, 0.2) is 55.1 Å². The summed E-state index contributed by atoms with van der Waals surface area (Å²) in [6, 6.07) is 13.2. The Morgan fingerprint density at radius 1 is 1.16 bits per heavy atom. The molecule has 1 amide bonds. The Bertz CT molecular complexity index is 722. The highest BCUT2D eigenvalue weighted by molar-refractivity contribution is 5.94. The van der Waals surface area contributed by atoms with Crippen LogP contribution < -0.4 is 14.8 Å². The van der Waals surface area contributed by atoms with Crippen LogP contribution in [0.25, 0.3) is 0 Å². The van der Waals surface area contributed by atoms with Crippen molar-refractivity contribution < 1.29 is 14.3 Å². The Kier molecular flexibility index (Phi) is 6.63. The highest BCUT2D eigenvalue weighted by Crippen LogP contribution is 2.23. The summed E-state index contributed by atoms with van der Waals surface area (Å²) in [5.74, 6) is 1.46. The molecule has 4 heteroatoms. The van der Waals surface area contributed by atoms with Gasteiger partial charge in [-0.25, -0.2) is 0 Å². The number of ether oxygens (including phenoxy) is 2. The van der Waals surface area contributed by atoms with Crippen molar-refractivity contribution in [2.75, 3.05) is 14.2 Å². The molecule has 2 aromatic rings. The Hall–Kier alpha value is -2.75. The average Bonchev–Trinajstić information content (AvgIpc) is 2.66. The van der Waals surface area contributed by atoms with E-state index in [2.05, 4.69) is 11.9 Å². The van der Waals surface area contributed by atoms with Crippen LogP contribution in [0.1, 0.15) is 40.9 Å². The molecule has 0 aromatic heterocycles. The lowest BCUT2D eigenvalue weighted by Gasteiger charge is -2.18. The molecular weight excluding hydrogens is 314 g/mol. The van der Waals surface area contributed by atoms with Gasteiger partial charge in [0.05, 0.1) is 20.3 Å². The maximum absolute atomic E-state index is 12.7. The first kappa shape index (κ1) is 18.6. The van der Waals surface area contributed by atoms with Crippen molar-refractivity contribution in [3.05, 3.63) is 71.8 Å². The lowest BCUT2D eigenvalue weighted by Crippen LogP contribution is -2.28. The highest BCUT2D eigenvalue weighted by atomic mass is 16.5. The van der Waals surface area contributed by atoms with Gasteiger partial charge in [0, 0.05) is 5.56 Å². The summed E-state index contributed by atoms with van der Waals surface area (Å²) < 4.78 is 10.5. The molecule has 25 heavy (non-hydrogen) atoms. The Morgan fingerprint density at radius 3 is 2.44 bits per heavy atom. The van der Waals surface area contributed by atoms with Crippen LogP contribution in [0.4, 0.5) is 0 Å². The predicted octanol–water partition coefficient (Wildman–Crippen LogP) is 4.31. The van der Waals surface area contributed by atoms with Crippen molar-refractivity contribution in [2.45, 2.75) is 25.8 Å². The molecule has 1 atom stereocenters. The smallest absolute Gasteiger partial charge is 0.251 e. The number of hydrogen-bond acceptors (Lipinski definition) is 3. The number of nitrogens with one attached hydrogen (secondary N) is 1. The molecule has 2 aromatic carbocycles. The molecular formula is C21H25NO3. The minimum Gasteiger partial charge on any atom is -0.497 e. The van der Waals surface area contributed by atoms with E-state index < -0.39 is 0 Å². The van der Waals surface area contributed by atoms with E-state index in [0.29, 0.717) is 12.0 Å². The van der Waals surface area contributed by atoms with Gasteiger partial charge < -0.3 is 14.8 Å². The molecule has 132 valence electrons. The van der Waals surface area contributed by atoms with Gasteiger partial charge in [-0.15, -0.1) is 6.58 Å². The first-order chi connectivity index (χ1) is 12.1. The van der Waals surface area contributed by atoms with Gasteiger partial charge in [0.1, 0.15) is 11.5 Å². The number of allylic oxidation sites excluding steroid dienone is 1. The van der Waals surface area contributed by atoms with Gasteiger partial charge in [-0.3, -0.25) is 4.79 Å². The zero-order valence-electron chi connectivity index (χ0n) is 15.0. The average molecular weight is 339 g/mol. The maximum Gasteiger partial charge on any atom is 0.251 e. The number of carbonyl (C=O) groups is 1. The molecule has 0 aliphatic rings. The van der Waals surface area contributed by atoms with Crippen LogP contribution in [-0.4, -0.2) is 20.1 Å². The monoisotopic (exact) mass is 339 g/mol. The van der Waals surface area contributed by atoms with Gasteiger partial charge in [0.25, 0.3) is 5.91 Å². The summed E-state index contributed by atoms with van der Waals surface area (Å²) in [6.45, 7) is 5.80. The molecule has 1 N–H and O–H groups in total. The molecule has 0 fully saturated rings. The van der Waals surface area contributed by atoms with E-state index in [-0.39, 0.29) is 11.9 Å². The van der Waals surface area contributed by atoms with E-state index in [1.165, 1.54) is 0 Å². The van der Waals surface area contributed by atoms with E-state index in [0.717, 1.165) is 29.0 Å². The van der Waals surface area contributed by atoms with E-state index in [9.17, 15) is 4.79 Å². The van der Waals surface area contributed by atoms with Crippen LogP contribution in [0.3, 0.4) is 0 Å². The number of amides is 1. The SMILES string of the molecule is C=CCc1cc(C(=O)NC(CC)c2ccc(OC)cc2)ccc1OC. The van der Waals surface area contributed by atoms with Gasteiger partial charge in [-0.05, 0) is 54.3 Å². The summed E-state index contributed by atoms with van der Waals surface area (Å²) in [6.07, 6.45) is 3.25. The van der Waals surface area contributed by atoms with E-state index in [1.807, 2.05) is 43.3 Å². The van der Waals surface area contributed by atoms with Crippen LogP contribution in [-0.2, 0) is 6.42 Å². The lowest BCUT2D eigenvalue weighted by molar-refractivity contribution is 0.0935. The van der Waals surface area contributed by atoms with Gasteiger partial charge >= 0.3 is 0 Å². The van der Waals surface area contributed by atoms with Crippen LogP contribution in [0.5, 0.6) is 11.5 Å². The number of hydrogen-bond donors (Lipinski definition) is 1. The van der Waals surface area contributed by atoms with Gasteiger partial charge in [-0.1, -0.05) is 25.1 Å². The predicted molar refractivity (Wildman–Crippen MR) is 100 cm³/mol. The van der Waals surface area contributed by atoms with Gasteiger partial charge in [-0.2, -0.15) is 0 Å². The Labute approximate surface area is 149 Å². The standard InChI is InChI=1S/C21H25NO3/c1-5-7-16-14-17(10-13-20(16)25-4)21(23)22-19(6-2)15-8-11-18(24-3)12-9-15/h5,8-14,19H,1,6-7H2,2-4H3,(H,22,23). The second-order valence-corrected chi connectivity index (χ2v) is 5.73. The maximum atomic E-state index is 12.7. The topological polar surface area (TPSA) is 47.6 Å². The van der Waals surface area contributed by atoms with Crippen LogP contribution in [0, 0.1) is 0 Å².